The summed E-state index contributed by atoms with van der Waals surface area (Å²) in [4.78, 5) is 14.3. The van der Waals surface area contributed by atoms with Crippen LogP contribution in [-0.4, -0.2) is 17.2 Å². The molecule has 0 bridgehead atoms. The summed E-state index contributed by atoms with van der Waals surface area (Å²) in [5, 5.41) is 9.84. The molecule has 0 fully saturated rings. The first-order valence-corrected chi connectivity index (χ1v) is 7.09. The third-order valence-corrected chi connectivity index (χ3v) is 4.62. The molecule has 1 atom stereocenters. The molecule has 100 valence electrons. The van der Waals surface area contributed by atoms with Crippen molar-refractivity contribution in [1.82, 2.24) is 4.98 Å². The van der Waals surface area contributed by atoms with Gasteiger partial charge in [-0.1, -0.05) is 17.4 Å². The minimum atomic E-state index is -0.201. The molecule has 2 N–H and O–H groups in total. The Morgan fingerprint density at radius 2 is 2.32 bits per heavy atom. The van der Waals surface area contributed by atoms with Crippen LogP contribution in [0.3, 0.4) is 0 Å². The Hall–Kier alpha value is -1.75. The van der Waals surface area contributed by atoms with Crippen LogP contribution in [0.2, 0.25) is 0 Å². The molecule has 0 saturated heterocycles. The second kappa shape index (κ2) is 4.74. The number of hydrogen-bond acceptors (Lipinski definition) is 4. The van der Waals surface area contributed by atoms with Crippen LogP contribution in [0.25, 0.3) is 0 Å². The number of rotatable bonds is 2. The number of aromatic hydroxyl groups is 1. The number of hydrogen-bond donors (Lipinski definition) is 2. The van der Waals surface area contributed by atoms with Crippen molar-refractivity contribution >= 4 is 11.3 Å². The predicted octanol–water partition coefficient (Wildman–Crippen LogP) is 2.62. The van der Waals surface area contributed by atoms with Crippen molar-refractivity contribution < 1.29 is 9.84 Å². The highest BCUT2D eigenvalue weighted by molar-refractivity contribution is 7.09. The summed E-state index contributed by atoms with van der Waals surface area (Å²) < 4.78 is 5.25. The van der Waals surface area contributed by atoms with E-state index in [4.69, 9.17) is 4.74 Å². The first-order chi connectivity index (χ1) is 9.19. The summed E-state index contributed by atoms with van der Waals surface area (Å²) in [6, 6.07) is 6.03. The van der Waals surface area contributed by atoms with E-state index in [1.165, 1.54) is 11.1 Å². The minimum absolute atomic E-state index is 0.0173. The summed E-state index contributed by atoms with van der Waals surface area (Å²) in [7, 11) is 1.66. The predicted molar refractivity (Wildman–Crippen MR) is 74.4 cm³/mol. The van der Waals surface area contributed by atoms with E-state index in [2.05, 4.69) is 4.98 Å². The summed E-state index contributed by atoms with van der Waals surface area (Å²) >= 11 is 1.10. The molecule has 1 aliphatic rings. The zero-order valence-electron chi connectivity index (χ0n) is 10.6. The molecule has 3 rings (SSSR count). The Labute approximate surface area is 114 Å². The molecule has 1 heterocycles. The highest BCUT2D eigenvalue weighted by Gasteiger charge is 2.26. The number of aromatic amines is 1. The van der Waals surface area contributed by atoms with Crippen LogP contribution < -0.4 is 9.61 Å². The lowest BCUT2D eigenvalue weighted by atomic mass is 9.82. The largest absolute Gasteiger partial charge is 0.497 e. The highest BCUT2D eigenvalue weighted by Crippen LogP contribution is 2.41. The molecule has 0 radical (unpaired) electrons. The number of thiazole rings is 1. The van der Waals surface area contributed by atoms with Crippen molar-refractivity contribution in [2.24, 2.45) is 0 Å². The molecular formula is C14H15NO3S. The molecule has 0 saturated carbocycles. The molecule has 19 heavy (non-hydrogen) atoms. The number of fused-ring (bicyclic) bond motifs is 1. The molecule has 2 aromatic rings. The number of methoxy groups -OCH3 is 1. The maximum Gasteiger partial charge on any atom is 0.307 e. The van der Waals surface area contributed by atoms with Gasteiger partial charge in [-0.05, 0) is 42.5 Å². The van der Waals surface area contributed by atoms with E-state index in [9.17, 15) is 9.90 Å². The first kappa shape index (κ1) is 12.3. The average Bonchev–Trinajstić information content (AvgIpc) is 2.76. The number of nitrogens with one attached hydrogen (secondary N) is 1. The Morgan fingerprint density at radius 3 is 3.00 bits per heavy atom. The summed E-state index contributed by atoms with van der Waals surface area (Å²) in [6.07, 6.45) is 3.03. The maximum absolute atomic E-state index is 11.3. The van der Waals surface area contributed by atoms with Crippen LogP contribution >= 0.6 is 11.3 Å². The van der Waals surface area contributed by atoms with Crippen LogP contribution in [0, 0.1) is 0 Å². The zero-order chi connectivity index (χ0) is 13.4. The molecular weight excluding hydrogens is 262 g/mol. The fourth-order valence-corrected chi connectivity index (χ4v) is 3.64. The highest BCUT2D eigenvalue weighted by atomic mass is 32.1. The van der Waals surface area contributed by atoms with Gasteiger partial charge in [0, 0.05) is 5.92 Å². The number of aromatic nitrogens is 1. The lowest BCUT2D eigenvalue weighted by Crippen LogP contribution is -2.10. The van der Waals surface area contributed by atoms with Crippen LogP contribution in [0.5, 0.6) is 11.6 Å². The molecule has 1 aromatic heterocycles. The smallest absolute Gasteiger partial charge is 0.307 e. The van der Waals surface area contributed by atoms with Gasteiger partial charge in [0.15, 0.2) is 0 Å². The number of ether oxygens (including phenoxy) is 1. The van der Waals surface area contributed by atoms with Gasteiger partial charge in [0.25, 0.3) is 0 Å². The fraction of sp³-hybridized carbons (Fsp3) is 0.357. The van der Waals surface area contributed by atoms with E-state index >= 15 is 0 Å². The van der Waals surface area contributed by atoms with E-state index in [0.717, 1.165) is 41.2 Å². The Bertz CT molecular complexity index is 659. The van der Waals surface area contributed by atoms with Gasteiger partial charge in [-0.2, -0.15) is 0 Å². The van der Waals surface area contributed by atoms with E-state index in [1.807, 2.05) is 18.2 Å². The average molecular weight is 277 g/mol. The van der Waals surface area contributed by atoms with Gasteiger partial charge in [0.1, 0.15) is 5.75 Å². The van der Waals surface area contributed by atoms with Crippen molar-refractivity contribution in [3.63, 3.8) is 0 Å². The lowest BCUT2D eigenvalue weighted by molar-refractivity contribution is 0.413. The monoisotopic (exact) mass is 277 g/mol. The van der Waals surface area contributed by atoms with Crippen molar-refractivity contribution in [2.45, 2.75) is 25.2 Å². The molecule has 0 spiro atoms. The van der Waals surface area contributed by atoms with E-state index in [-0.39, 0.29) is 16.7 Å². The van der Waals surface area contributed by atoms with E-state index in [1.54, 1.807) is 7.11 Å². The van der Waals surface area contributed by atoms with E-state index < -0.39 is 0 Å². The maximum atomic E-state index is 11.3. The lowest BCUT2D eigenvalue weighted by Gasteiger charge is -2.25. The Kier molecular flexibility index (Phi) is 3.06. The SMILES string of the molecule is COc1ccc2c(c1)CCC[C@@H]2c1sc(=O)[nH]c1O. The van der Waals surface area contributed by atoms with Crippen LogP contribution in [0.1, 0.15) is 34.8 Å². The van der Waals surface area contributed by atoms with Gasteiger partial charge >= 0.3 is 4.87 Å². The Balaban J connectivity index is 2.07. The quantitative estimate of drug-likeness (QED) is 0.887. The number of aryl methyl sites for hydroxylation is 1. The van der Waals surface area contributed by atoms with Gasteiger partial charge in [0.2, 0.25) is 5.88 Å². The molecule has 1 aromatic carbocycles. The van der Waals surface area contributed by atoms with Crippen LogP contribution in [0.4, 0.5) is 0 Å². The van der Waals surface area contributed by atoms with Crippen LogP contribution in [-0.2, 0) is 6.42 Å². The summed E-state index contributed by atoms with van der Waals surface area (Å²) in [6.45, 7) is 0. The Morgan fingerprint density at radius 1 is 1.47 bits per heavy atom. The molecule has 4 nitrogen and oxygen atoms in total. The first-order valence-electron chi connectivity index (χ1n) is 6.28. The van der Waals surface area contributed by atoms with Gasteiger partial charge in [-0.3, -0.25) is 9.78 Å². The second-order valence-electron chi connectivity index (χ2n) is 4.74. The molecule has 0 unspecified atom stereocenters. The van der Waals surface area contributed by atoms with Crippen molar-refractivity contribution in [3.05, 3.63) is 43.9 Å². The molecule has 1 aliphatic carbocycles. The van der Waals surface area contributed by atoms with Gasteiger partial charge in [0.05, 0.1) is 12.0 Å². The molecule has 0 aliphatic heterocycles. The second-order valence-corrected chi connectivity index (χ2v) is 5.75. The summed E-state index contributed by atoms with van der Waals surface area (Å²) in [5.74, 6) is 0.980. The van der Waals surface area contributed by atoms with E-state index in [0.29, 0.717) is 0 Å². The third-order valence-electron chi connectivity index (χ3n) is 3.64. The normalized spacial score (nSPS) is 18.1. The standard InChI is InChI=1S/C14H15NO3S/c1-18-9-5-6-10-8(7-9)3-2-4-11(10)12-13(16)15-14(17)19-12/h5-7,11,16H,2-4H2,1H3,(H,15,17)/t11-/m0/s1. The third kappa shape index (κ3) is 2.14. The van der Waals surface area contributed by atoms with Crippen molar-refractivity contribution in [1.29, 1.82) is 0 Å². The van der Waals surface area contributed by atoms with Crippen molar-refractivity contribution in [2.75, 3.05) is 7.11 Å². The fourth-order valence-electron chi connectivity index (χ4n) is 2.76. The van der Waals surface area contributed by atoms with Gasteiger partial charge < -0.3 is 9.84 Å². The molecule has 0 amide bonds. The number of benzene rings is 1. The molecule has 5 heteroatoms. The van der Waals surface area contributed by atoms with Crippen LogP contribution in [0.15, 0.2) is 23.0 Å². The minimum Gasteiger partial charge on any atom is -0.497 e. The van der Waals surface area contributed by atoms with Gasteiger partial charge in [-0.15, -0.1) is 0 Å². The summed E-state index contributed by atoms with van der Waals surface area (Å²) in [5.41, 5.74) is 2.44. The number of H-pyrrole nitrogens is 1. The zero-order valence-corrected chi connectivity index (χ0v) is 11.4. The topological polar surface area (TPSA) is 62.3 Å². The van der Waals surface area contributed by atoms with Gasteiger partial charge in [-0.25, -0.2) is 0 Å². The van der Waals surface area contributed by atoms with Crippen molar-refractivity contribution in [3.8, 4) is 11.6 Å².